The highest BCUT2D eigenvalue weighted by Gasteiger charge is 2.30. The molecule has 0 aromatic carbocycles. The fourth-order valence-electron chi connectivity index (χ4n) is 7.07. The van der Waals surface area contributed by atoms with Crippen molar-refractivity contribution in [1.29, 1.82) is 0 Å². The minimum Gasteiger partial charge on any atom is -0.444 e. The highest BCUT2D eigenvalue weighted by atomic mass is 32.1. The Kier molecular flexibility index (Phi) is 13.2. The number of hydrogen-bond donors (Lipinski definition) is 1. The van der Waals surface area contributed by atoms with E-state index in [1.165, 1.54) is 48.3 Å². The molecular formula is C37H56N4O4S2. The minimum atomic E-state index is -0.473. The van der Waals surface area contributed by atoms with Gasteiger partial charge >= 0.3 is 6.09 Å². The molecule has 47 heavy (non-hydrogen) atoms. The van der Waals surface area contributed by atoms with Gasteiger partial charge in [0.05, 0.1) is 11.1 Å². The smallest absolute Gasteiger partial charge is 0.410 e. The number of carbonyl (C=O) groups is 3. The normalized spacial score (nSPS) is 22.8. The molecule has 0 spiro atoms. The molecule has 2 atom stereocenters. The first-order valence-corrected chi connectivity index (χ1v) is 19.9. The molecule has 0 saturated carbocycles. The van der Waals surface area contributed by atoms with E-state index in [2.05, 4.69) is 27.7 Å². The van der Waals surface area contributed by atoms with Crippen LogP contribution in [0.1, 0.15) is 140 Å². The molecular weight excluding hydrogens is 629 g/mol. The molecule has 4 saturated heterocycles. The van der Waals surface area contributed by atoms with Gasteiger partial charge in [-0.2, -0.15) is 0 Å². The summed E-state index contributed by atoms with van der Waals surface area (Å²) in [6, 6.07) is 4.21. The summed E-state index contributed by atoms with van der Waals surface area (Å²) in [7, 11) is 0. The van der Waals surface area contributed by atoms with E-state index in [0.717, 1.165) is 95.5 Å². The number of likely N-dealkylation sites (tertiary alicyclic amines) is 3. The van der Waals surface area contributed by atoms with E-state index in [4.69, 9.17) is 4.74 Å². The van der Waals surface area contributed by atoms with E-state index in [1.807, 2.05) is 36.0 Å². The summed E-state index contributed by atoms with van der Waals surface area (Å²) >= 11 is 3.42. The lowest BCUT2D eigenvalue weighted by molar-refractivity contribution is 0.0199. The van der Waals surface area contributed by atoms with Crippen molar-refractivity contribution < 1.29 is 19.1 Å². The second-order valence-electron chi connectivity index (χ2n) is 14.7. The maximum Gasteiger partial charge on any atom is 0.410 e. The quantitative estimate of drug-likeness (QED) is 0.352. The molecule has 4 fully saturated rings. The largest absolute Gasteiger partial charge is 0.444 e. The van der Waals surface area contributed by atoms with Gasteiger partial charge in [-0.3, -0.25) is 9.59 Å². The van der Waals surface area contributed by atoms with Gasteiger partial charge in [-0.25, -0.2) is 4.79 Å². The number of ether oxygens (including phenoxy) is 1. The molecule has 2 unspecified atom stereocenters. The third kappa shape index (κ3) is 10.5. The second kappa shape index (κ2) is 17.3. The van der Waals surface area contributed by atoms with Gasteiger partial charge in [0.2, 0.25) is 0 Å². The number of rotatable bonds is 4. The van der Waals surface area contributed by atoms with Crippen LogP contribution in [0, 0.1) is 0 Å². The van der Waals surface area contributed by atoms with Crippen molar-refractivity contribution in [3.63, 3.8) is 0 Å². The van der Waals surface area contributed by atoms with Gasteiger partial charge in [0.15, 0.2) is 0 Å². The number of amides is 3. The van der Waals surface area contributed by atoms with Crippen LogP contribution in [0.15, 0.2) is 22.9 Å². The summed E-state index contributed by atoms with van der Waals surface area (Å²) in [5.74, 6) is 1.32. The molecule has 4 aliphatic heterocycles. The standard InChI is InChI=1S/C21H32N2O3S.C16H24N2OS/c1-21(2,3)26-20(25)23-12-8-9-16(14-23)18-13-17(15-27-18)19(24)22-10-6-4-5-7-11-22;19-16(18-8-3-1-2-4-9-18)14-10-15(20-12-14)13-6-5-7-17-11-13/h13,15-16H,4-12,14H2,1-3H3;10,12-13,17H,1-9,11H2. The van der Waals surface area contributed by atoms with Crippen LogP contribution in [0.25, 0.3) is 0 Å². The zero-order valence-corrected chi connectivity index (χ0v) is 30.5. The molecule has 6 heterocycles. The van der Waals surface area contributed by atoms with E-state index in [9.17, 15) is 14.4 Å². The summed E-state index contributed by atoms with van der Waals surface area (Å²) in [6.45, 7) is 12.9. The van der Waals surface area contributed by atoms with Crippen LogP contribution in [-0.4, -0.2) is 90.6 Å². The number of thiophene rings is 2. The Balaban J connectivity index is 0.000000193. The van der Waals surface area contributed by atoms with Crippen LogP contribution in [-0.2, 0) is 4.74 Å². The van der Waals surface area contributed by atoms with Crippen LogP contribution in [0.5, 0.6) is 0 Å². The molecule has 2 aromatic rings. The Morgan fingerprint density at radius 1 is 0.681 bits per heavy atom. The van der Waals surface area contributed by atoms with Gasteiger partial charge in [-0.15, -0.1) is 22.7 Å². The summed E-state index contributed by atoms with van der Waals surface area (Å²) in [4.78, 5) is 46.3. The van der Waals surface area contributed by atoms with E-state index >= 15 is 0 Å². The monoisotopic (exact) mass is 684 g/mol. The Morgan fingerprint density at radius 3 is 1.66 bits per heavy atom. The molecule has 4 aliphatic rings. The lowest BCUT2D eigenvalue weighted by atomic mass is 9.96. The van der Waals surface area contributed by atoms with E-state index in [0.29, 0.717) is 18.4 Å². The van der Waals surface area contributed by atoms with Gasteiger partial charge in [0.25, 0.3) is 11.8 Å². The first-order valence-electron chi connectivity index (χ1n) is 18.1. The van der Waals surface area contributed by atoms with Gasteiger partial charge in [-0.05, 0) is 90.8 Å². The molecule has 0 radical (unpaired) electrons. The number of nitrogens with zero attached hydrogens (tertiary/aromatic N) is 3. The third-order valence-corrected chi connectivity index (χ3v) is 11.9. The van der Waals surface area contributed by atoms with Crippen LogP contribution in [0.3, 0.4) is 0 Å². The average molecular weight is 685 g/mol. The summed E-state index contributed by atoms with van der Waals surface area (Å²) < 4.78 is 5.53. The molecule has 0 bridgehead atoms. The molecule has 260 valence electrons. The van der Waals surface area contributed by atoms with Crippen molar-refractivity contribution in [2.75, 3.05) is 52.4 Å². The molecule has 2 aromatic heterocycles. The van der Waals surface area contributed by atoms with Crippen LogP contribution >= 0.6 is 22.7 Å². The fourth-order valence-corrected chi connectivity index (χ4v) is 9.10. The first-order chi connectivity index (χ1) is 22.7. The average Bonchev–Trinajstić information content (AvgIpc) is 3.59. The lowest BCUT2D eigenvalue weighted by Gasteiger charge is -2.33. The van der Waals surface area contributed by atoms with Gasteiger partial charge < -0.3 is 24.8 Å². The fraction of sp³-hybridized carbons (Fsp3) is 0.703. The Bertz CT molecular complexity index is 1300. The summed E-state index contributed by atoms with van der Waals surface area (Å²) in [6.07, 6.45) is 13.8. The van der Waals surface area contributed by atoms with Crippen molar-refractivity contribution in [2.24, 2.45) is 0 Å². The topological polar surface area (TPSA) is 82.2 Å². The highest BCUT2D eigenvalue weighted by Crippen LogP contribution is 2.33. The molecule has 6 rings (SSSR count). The van der Waals surface area contributed by atoms with Crippen molar-refractivity contribution in [1.82, 2.24) is 20.0 Å². The Labute approximate surface area is 290 Å². The van der Waals surface area contributed by atoms with Crippen LogP contribution < -0.4 is 5.32 Å². The summed E-state index contributed by atoms with van der Waals surface area (Å²) in [5, 5.41) is 7.52. The maximum atomic E-state index is 12.8. The van der Waals surface area contributed by atoms with Crippen molar-refractivity contribution in [3.8, 4) is 0 Å². The highest BCUT2D eigenvalue weighted by molar-refractivity contribution is 7.10. The van der Waals surface area contributed by atoms with Crippen molar-refractivity contribution >= 4 is 40.6 Å². The minimum absolute atomic E-state index is 0.166. The summed E-state index contributed by atoms with van der Waals surface area (Å²) in [5.41, 5.74) is 1.25. The zero-order valence-electron chi connectivity index (χ0n) is 28.9. The predicted molar refractivity (Wildman–Crippen MR) is 192 cm³/mol. The number of piperidine rings is 2. The molecule has 3 amide bonds. The lowest BCUT2D eigenvalue weighted by Crippen LogP contribution is -2.42. The van der Waals surface area contributed by atoms with Crippen molar-refractivity contribution in [2.45, 2.75) is 115 Å². The van der Waals surface area contributed by atoms with E-state index in [-0.39, 0.29) is 17.9 Å². The van der Waals surface area contributed by atoms with Crippen LogP contribution in [0.2, 0.25) is 0 Å². The first kappa shape index (κ1) is 35.9. The van der Waals surface area contributed by atoms with Gasteiger partial charge in [0, 0.05) is 78.2 Å². The number of carbonyl (C=O) groups excluding carboxylic acids is 3. The number of hydrogen-bond acceptors (Lipinski definition) is 7. The Morgan fingerprint density at radius 2 is 1.17 bits per heavy atom. The van der Waals surface area contributed by atoms with E-state index in [1.54, 1.807) is 22.7 Å². The van der Waals surface area contributed by atoms with Gasteiger partial charge in [0.1, 0.15) is 5.60 Å². The maximum absolute atomic E-state index is 12.8. The zero-order chi connectivity index (χ0) is 33.2. The van der Waals surface area contributed by atoms with E-state index < -0.39 is 5.60 Å². The second-order valence-corrected chi connectivity index (χ2v) is 16.6. The molecule has 8 nitrogen and oxygen atoms in total. The van der Waals surface area contributed by atoms with Crippen LogP contribution in [0.4, 0.5) is 4.79 Å². The third-order valence-electron chi connectivity index (χ3n) is 9.69. The molecule has 10 heteroatoms. The molecule has 1 N–H and O–H groups in total. The molecule has 0 aliphatic carbocycles. The SMILES string of the molecule is CC(C)(C)OC(=O)N1CCCC(c2cc(C(=O)N3CCCCCC3)cs2)C1.O=C(c1csc(C2CCCNC2)c1)N1CCCCCC1. The predicted octanol–water partition coefficient (Wildman–Crippen LogP) is 8.11. The Hall–Kier alpha value is -2.43. The van der Waals surface area contributed by atoms with Crippen molar-refractivity contribution in [3.05, 3.63) is 43.8 Å². The number of nitrogens with one attached hydrogen (secondary N) is 1. The van der Waals surface area contributed by atoms with Gasteiger partial charge in [-0.1, -0.05) is 25.7 Å².